The van der Waals surface area contributed by atoms with Crippen molar-refractivity contribution in [2.75, 3.05) is 44.4 Å². The van der Waals surface area contributed by atoms with E-state index in [2.05, 4.69) is 36.5 Å². The van der Waals surface area contributed by atoms with Gasteiger partial charge in [0, 0.05) is 24.2 Å². The largest absolute Gasteiger partial charge is 0.353 e. The van der Waals surface area contributed by atoms with Crippen molar-refractivity contribution in [3.05, 3.63) is 101 Å². The zero-order valence-electron chi connectivity index (χ0n) is 23.4. The minimum absolute atomic E-state index is 0.0772. The number of hydrogen-bond acceptors (Lipinski definition) is 5. The van der Waals surface area contributed by atoms with Gasteiger partial charge in [0.25, 0.3) is 0 Å². The molecule has 40 heavy (non-hydrogen) atoms. The zero-order chi connectivity index (χ0) is 28.2. The first-order valence-electron chi connectivity index (χ1n) is 13.5. The van der Waals surface area contributed by atoms with Crippen LogP contribution < -0.4 is 10.2 Å². The van der Waals surface area contributed by atoms with E-state index in [1.165, 1.54) is 0 Å². The fourth-order valence-corrected chi connectivity index (χ4v) is 6.10. The first kappa shape index (κ1) is 27.7. The standard InChI is InChI=1S/C32H35N5O2S/c1-22-13-15-26(16-14-22)37-32-29(30(34-37)24-10-6-5-7-11-24)31(25-12-8-9-23(2)19-25)40-21-28(39)36(32)20-27(38)33-17-18-35(3)4/h5-16,19,31H,17-18,20-21H2,1-4H3,(H,33,38). The van der Waals surface area contributed by atoms with E-state index in [9.17, 15) is 9.59 Å². The lowest BCUT2D eigenvalue weighted by Crippen LogP contribution is -2.43. The van der Waals surface area contributed by atoms with Crippen LogP contribution in [0.1, 0.15) is 27.5 Å². The predicted molar refractivity (Wildman–Crippen MR) is 163 cm³/mol. The van der Waals surface area contributed by atoms with Gasteiger partial charge in [-0.15, -0.1) is 11.8 Å². The maximum absolute atomic E-state index is 13.8. The molecule has 0 saturated heterocycles. The highest BCUT2D eigenvalue weighted by Crippen LogP contribution is 2.48. The lowest BCUT2D eigenvalue weighted by atomic mass is 9.98. The summed E-state index contributed by atoms with van der Waals surface area (Å²) >= 11 is 1.59. The average Bonchev–Trinajstić information content (AvgIpc) is 3.26. The third-order valence-corrected chi connectivity index (χ3v) is 8.20. The molecule has 1 aromatic heterocycles. The van der Waals surface area contributed by atoms with E-state index >= 15 is 0 Å². The van der Waals surface area contributed by atoms with Crippen LogP contribution in [0, 0.1) is 13.8 Å². The number of carbonyl (C=O) groups is 2. The number of benzene rings is 3. The fraction of sp³-hybridized carbons (Fsp3) is 0.281. The minimum atomic E-state index is -0.196. The van der Waals surface area contributed by atoms with Crippen molar-refractivity contribution in [3.63, 3.8) is 0 Å². The Labute approximate surface area is 240 Å². The highest BCUT2D eigenvalue weighted by Gasteiger charge is 2.37. The number of nitrogens with zero attached hydrogens (tertiary/aromatic N) is 4. The van der Waals surface area contributed by atoms with Crippen LogP contribution in [0.5, 0.6) is 0 Å². The number of nitrogens with one attached hydrogen (secondary N) is 1. The summed E-state index contributed by atoms with van der Waals surface area (Å²) in [6, 6.07) is 26.6. The topological polar surface area (TPSA) is 70.5 Å². The number of anilines is 1. The molecule has 7 nitrogen and oxygen atoms in total. The molecule has 1 atom stereocenters. The number of thioether (sulfide) groups is 1. The Morgan fingerprint density at radius 3 is 2.45 bits per heavy atom. The number of likely N-dealkylation sites (N-methyl/N-ethyl adjacent to an activating group) is 1. The molecular weight excluding hydrogens is 518 g/mol. The van der Waals surface area contributed by atoms with E-state index in [0.717, 1.165) is 45.7 Å². The lowest BCUT2D eigenvalue weighted by molar-refractivity contribution is -0.122. The molecule has 1 unspecified atom stereocenters. The number of aryl methyl sites for hydroxylation is 2. The Hall–Kier alpha value is -3.88. The number of fused-ring (bicyclic) bond motifs is 1. The summed E-state index contributed by atoms with van der Waals surface area (Å²) in [6.07, 6.45) is 0. The molecule has 206 valence electrons. The van der Waals surface area contributed by atoms with Gasteiger partial charge in [0.05, 0.1) is 22.4 Å². The van der Waals surface area contributed by atoms with Gasteiger partial charge in [0.15, 0.2) is 0 Å². The van der Waals surface area contributed by atoms with Gasteiger partial charge in [0.1, 0.15) is 12.4 Å². The highest BCUT2D eigenvalue weighted by molar-refractivity contribution is 8.00. The normalized spacial score (nSPS) is 15.2. The fourth-order valence-electron chi connectivity index (χ4n) is 4.91. The molecule has 0 radical (unpaired) electrons. The second-order valence-electron chi connectivity index (χ2n) is 10.4. The van der Waals surface area contributed by atoms with Crippen LogP contribution in [0.3, 0.4) is 0 Å². The summed E-state index contributed by atoms with van der Waals surface area (Å²) in [5, 5.41) is 7.98. The van der Waals surface area contributed by atoms with E-state index in [-0.39, 0.29) is 29.4 Å². The number of carbonyl (C=O) groups excluding carboxylic acids is 2. The second kappa shape index (κ2) is 12.1. The molecule has 3 aromatic carbocycles. The van der Waals surface area contributed by atoms with E-state index in [0.29, 0.717) is 12.4 Å². The summed E-state index contributed by atoms with van der Waals surface area (Å²) in [7, 11) is 3.93. The van der Waals surface area contributed by atoms with Gasteiger partial charge >= 0.3 is 0 Å². The van der Waals surface area contributed by atoms with Gasteiger partial charge in [-0.05, 0) is 45.6 Å². The summed E-state index contributed by atoms with van der Waals surface area (Å²) in [5.74, 6) is 0.586. The van der Waals surface area contributed by atoms with E-state index in [4.69, 9.17) is 5.10 Å². The van der Waals surface area contributed by atoms with Crippen LogP contribution in [0.25, 0.3) is 16.9 Å². The van der Waals surface area contributed by atoms with Gasteiger partial charge in [-0.1, -0.05) is 77.9 Å². The summed E-state index contributed by atoms with van der Waals surface area (Å²) < 4.78 is 1.84. The van der Waals surface area contributed by atoms with Gasteiger partial charge in [-0.2, -0.15) is 5.10 Å². The number of amides is 2. The molecule has 0 saturated carbocycles. The van der Waals surface area contributed by atoms with E-state index in [1.54, 1.807) is 16.7 Å². The molecule has 2 amide bonds. The van der Waals surface area contributed by atoms with Gasteiger partial charge in [-0.3, -0.25) is 14.5 Å². The molecule has 8 heteroatoms. The van der Waals surface area contributed by atoms with E-state index in [1.807, 2.05) is 85.2 Å². The molecule has 0 bridgehead atoms. The first-order chi connectivity index (χ1) is 19.3. The highest BCUT2D eigenvalue weighted by atomic mass is 32.2. The van der Waals surface area contributed by atoms with Gasteiger partial charge < -0.3 is 10.2 Å². The van der Waals surface area contributed by atoms with Crippen LogP contribution in [-0.4, -0.2) is 66.0 Å². The third kappa shape index (κ3) is 5.98. The monoisotopic (exact) mass is 553 g/mol. The molecule has 0 aliphatic carbocycles. The Morgan fingerprint density at radius 2 is 1.75 bits per heavy atom. The van der Waals surface area contributed by atoms with Crippen molar-refractivity contribution in [1.82, 2.24) is 20.0 Å². The van der Waals surface area contributed by atoms with Crippen molar-refractivity contribution < 1.29 is 9.59 Å². The van der Waals surface area contributed by atoms with Crippen molar-refractivity contribution in [2.24, 2.45) is 0 Å². The van der Waals surface area contributed by atoms with Crippen LogP contribution in [0.2, 0.25) is 0 Å². The summed E-state index contributed by atoms with van der Waals surface area (Å²) in [6.45, 7) is 5.27. The number of rotatable bonds is 8. The van der Waals surface area contributed by atoms with Crippen LogP contribution in [0.15, 0.2) is 78.9 Å². The molecule has 2 heterocycles. The minimum Gasteiger partial charge on any atom is -0.353 e. The molecule has 4 aromatic rings. The Morgan fingerprint density at radius 1 is 1.00 bits per heavy atom. The molecule has 0 fully saturated rings. The molecule has 1 aliphatic rings. The second-order valence-corrected chi connectivity index (χ2v) is 11.5. The summed E-state index contributed by atoms with van der Waals surface area (Å²) in [4.78, 5) is 30.6. The third-order valence-electron chi connectivity index (χ3n) is 6.94. The van der Waals surface area contributed by atoms with Gasteiger partial charge in [0.2, 0.25) is 11.8 Å². The molecule has 5 rings (SSSR count). The van der Waals surface area contributed by atoms with Gasteiger partial charge in [-0.25, -0.2) is 4.68 Å². The number of aromatic nitrogens is 2. The Kier molecular flexibility index (Phi) is 8.38. The summed E-state index contributed by atoms with van der Waals surface area (Å²) in [5.41, 5.74) is 6.94. The van der Waals surface area contributed by atoms with E-state index < -0.39 is 0 Å². The molecule has 1 N–H and O–H groups in total. The maximum atomic E-state index is 13.8. The average molecular weight is 554 g/mol. The predicted octanol–water partition coefficient (Wildman–Crippen LogP) is 5.00. The smallest absolute Gasteiger partial charge is 0.240 e. The molecule has 1 aliphatic heterocycles. The SMILES string of the molecule is Cc1ccc(-n2nc(-c3ccccc3)c3c2N(CC(=O)NCCN(C)C)C(=O)CSC3c2cccc(C)c2)cc1. The number of hydrogen-bond donors (Lipinski definition) is 1. The quantitative estimate of drug-likeness (QED) is 0.333. The maximum Gasteiger partial charge on any atom is 0.240 e. The van der Waals surface area contributed by atoms with Crippen molar-refractivity contribution >= 4 is 29.4 Å². The van der Waals surface area contributed by atoms with Crippen molar-refractivity contribution in [1.29, 1.82) is 0 Å². The first-order valence-corrected chi connectivity index (χ1v) is 14.5. The Bertz CT molecular complexity index is 1500. The van der Waals surface area contributed by atoms with Crippen LogP contribution >= 0.6 is 11.8 Å². The van der Waals surface area contributed by atoms with Crippen molar-refractivity contribution in [3.8, 4) is 16.9 Å². The van der Waals surface area contributed by atoms with Crippen LogP contribution in [0.4, 0.5) is 5.82 Å². The molecule has 0 spiro atoms. The Balaban J connectivity index is 1.72. The lowest BCUT2D eigenvalue weighted by Gasteiger charge is -2.23. The van der Waals surface area contributed by atoms with Crippen LogP contribution in [-0.2, 0) is 9.59 Å². The zero-order valence-corrected chi connectivity index (χ0v) is 24.2. The van der Waals surface area contributed by atoms with Crippen molar-refractivity contribution in [2.45, 2.75) is 19.1 Å². The molecular formula is C32H35N5O2S.